The first kappa shape index (κ1) is 10.4. The molecule has 0 saturated heterocycles. The van der Waals surface area contributed by atoms with Crippen LogP contribution in [-0.4, -0.2) is 20.2 Å². The zero-order valence-corrected chi connectivity index (χ0v) is 9.07. The average Bonchev–Trinajstić information content (AvgIpc) is 2.66. The molecule has 1 aromatic heterocycles. The van der Waals surface area contributed by atoms with Gasteiger partial charge in [0, 0.05) is 5.02 Å². The van der Waals surface area contributed by atoms with Gasteiger partial charge in [-0.15, -0.1) is 15.0 Å². The van der Waals surface area contributed by atoms with E-state index in [1.54, 1.807) is 18.2 Å². The predicted molar refractivity (Wildman–Crippen MR) is 57.1 cm³/mol. The maximum absolute atomic E-state index is 5.97. The molecule has 2 rings (SSSR count). The molecule has 0 aliphatic heterocycles. The third-order valence-corrected chi connectivity index (χ3v) is 2.30. The Balaban J connectivity index is 2.44. The fourth-order valence-corrected chi connectivity index (χ4v) is 1.55. The topological polar surface area (TPSA) is 69.6 Å². The van der Waals surface area contributed by atoms with E-state index in [0.717, 1.165) is 0 Å². The highest BCUT2D eigenvalue weighted by atomic mass is 35.5. The van der Waals surface area contributed by atoms with Gasteiger partial charge in [-0.1, -0.05) is 23.2 Å². The second kappa shape index (κ2) is 4.14. The Morgan fingerprint density at radius 2 is 2.13 bits per heavy atom. The molecule has 0 aliphatic carbocycles. The highest BCUT2D eigenvalue weighted by molar-refractivity contribution is 6.35. The van der Waals surface area contributed by atoms with Crippen LogP contribution in [0.15, 0.2) is 18.2 Å². The Kier molecular flexibility index (Phi) is 2.86. The predicted octanol–water partition coefficient (Wildman–Crippen LogP) is 1.43. The summed E-state index contributed by atoms with van der Waals surface area (Å²) in [7, 11) is 0. The van der Waals surface area contributed by atoms with E-state index in [0.29, 0.717) is 21.6 Å². The molecule has 0 atom stereocenters. The zero-order valence-electron chi connectivity index (χ0n) is 7.56. The number of rotatable bonds is 2. The fraction of sp³-hybridized carbons (Fsp3) is 0.125. The van der Waals surface area contributed by atoms with Crippen LogP contribution in [0.1, 0.15) is 5.82 Å². The maximum atomic E-state index is 5.97. The van der Waals surface area contributed by atoms with E-state index in [9.17, 15) is 0 Å². The van der Waals surface area contributed by atoms with Gasteiger partial charge >= 0.3 is 0 Å². The van der Waals surface area contributed by atoms with E-state index in [1.165, 1.54) is 4.80 Å². The van der Waals surface area contributed by atoms with Gasteiger partial charge < -0.3 is 5.73 Å². The lowest BCUT2D eigenvalue weighted by Crippen LogP contribution is -2.02. The van der Waals surface area contributed by atoms with Crippen molar-refractivity contribution in [3.63, 3.8) is 0 Å². The van der Waals surface area contributed by atoms with Gasteiger partial charge in [-0.05, 0) is 23.4 Å². The highest BCUT2D eigenvalue weighted by Gasteiger charge is 2.07. The molecule has 0 amide bonds. The summed E-state index contributed by atoms with van der Waals surface area (Å²) < 4.78 is 0. The van der Waals surface area contributed by atoms with Crippen molar-refractivity contribution in [3.05, 3.63) is 34.1 Å². The lowest BCUT2D eigenvalue weighted by Gasteiger charge is -2.01. The molecule has 0 radical (unpaired) electrons. The van der Waals surface area contributed by atoms with Gasteiger partial charge in [0.2, 0.25) is 0 Å². The molecule has 78 valence electrons. The number of halogens is 2. The van der Waals surface area contributed by atoms with Gasteiger partial charge in [0.05, 0.1) is 11.6 Å². The second-order valence-corrected chi connectivity index (χ2v) is 3.64. The molecule has 7 heteroatoms. The highest BCUT2D eigenvalue weighted by Crippen LogP contribution is 2.22. The van der Waals surface area contributed by atoms with E-state index in [1.807, 2.05) is 0 Å². The van der Waals surface area contributed by atoms with Crippen LogP contribution in [-0.2, 0) is 6.54 Å². The van der Waals surface area contributed by atoms with Gasteiger partial charge in [0.15, 0.2) is 5.82 Å². The van der Waals surface area contributed by atoms with Crippen molar-refractivity contribution in [2.45, 2.75) is 6.54 Å². The van der Waals surface area contributed by atoms with Gasteiger partial charge in [0.1, 0.15) is 5.69 Å². The zero-order chi connectivity index (χ0) is 10.8. The van der Waals surface area contributed by atoms with Crippen LogP contribution in [0.25, 0.3) is 5.69 Å². The van der Waals surface area contributed by atoms with E-state index >= 15 is 0 Å². The number of nitrogens with two attached hydrogens (primary N) is 1. The van der Waals surface area contributed by atoms with Crippen molar-refractivity contribution >= 4 is 23.2 Å². The molecule has 0 bridgehead atoms. The van der Waals surface area contributed by atoms with Crippen LogP contribution in [0.2, 0.25) is 10.0 Å². The summed E-state index contributed by atoms with van der Waals surface area (Å²) in [6.45, 7) is 0.241. The molecular formula is C8H7Cl2N5. The smallest absolute Gasteiger partial charge is 0.188 e. The quantitative estimate of drug-likeness (QED) is 0.867. The molecule has 0 spiro atoms. The van der Waals surface area contributed by atoms with Gasteiger partial charge in [-0.2, -0.15) is 0 Å². The summed E-state index contributed by atoms with van der Waals surface area (Å²) in [6.07, 6.45) is 0. The van der Waals surface area contributed by atoms with E-state index in [2.05, 4.69) is 15.4 Å². The van der Waals surface area contributed by atoms with Crippen molar-refractivity contribution in [1.82, 2.24) is 20.2 Å². The van der Waals surface area contributed by atoms with Crippen molar-refractivity contribution < 1.29 is 0 Å². The van der Waals surface area contributed by atoms with E-state index in [4.69, 9.17) is 28.9 Å². The molecule has 1 aromatic carbocycles. The first-order valence-corrected chi connectivity index (χ1v) is 4.90. The summed E-state index contributed by atoms with van der Waals surface area (Å²) in [5.41, 5.74) is 5.99. The van der Waals surface area contributed by atoms with Gasteiger partial charge in [-0.3, -0.25) is 0 Å². The largest absolute Gasteiger partial charge is 0.324 e. The van der Waals surface area contributed by atoms with Crippen molar-refractivity contribution in [2.24, 2.45) is 5.73 Å². The lowest BCUT2D eigenvalue weighted by molar-refractivity contribution is 0.717. The van der Waals surface area contributed by atoms with Crippen LogP contribution >= 0.6 is 23.2 Å². The van der Waals surface area contributed by atoms with E-state index < -0.39 is 0 Å². The lowest BCUT2D eigenvalue weighted by atomic mass is 10.3. The fourth-order valence-electron chi connectivity index (χ4n) is 1.07. The first-order chi connectivity index (χ1) is 7.20. The first-order valence-electron chi connectivity index (χ1n) is 4.15. The Morgan fingerprint density at radius 1 is 1.33 bits per heavy atom. The normalized spacial score (nSPS) is 10.6. The van der Waals surface area contributed by atoms with Crippen molar-refractivity contribution in [2.75, 3.05) is 0 Å². The number of aromatic nitrogens is 4. The second-order valence-electron chi connectivity index (χ2n) is 2.79. The molecule has 2 N–H and O–H groups in total. The standard InChI is InChI=1S/C8H7Cl2N5/c9-5-1-2-7(6(10)3-5)15-13-8(4-11)12-14-15/h1-3H,4,11H2. The van der Waals surface area contributed by atoms with Crippen molar-refractivity contribution in [3.8, 4) is 5.69 Å². The summed E-state index contributed by atoms with van der Waals surface area (Å²) in [5.74, 6) is 0.459. The molecule has 0 aliphatic rings. The SMILES string of the molecule is NCc1nnn(-c2ccc(Cl)cc2Cl)n1. The Bertz CT molecular complexity index is 482. The molecule has 5 nitrogen and oxygen atoms in total. The van der Waals surface area contributed by atoms with Gasteiger partial charge in [0.25, 0.3) is 0 Å². The average molecular weight is 244 g/mol. The number of hydrogen-bond donors (Lipinski definition) is 1. The third kappa shape index (κ3) is 2.09. The van der Waals surface area contributed by atoms with Crippen LogP contribution in [0.5, 0.6) is 0 Å². The number of nitrogens with zero attached hydrogens (tertiary/aromatic N) is 4. The molecule has 2 aromatic rings. The molecule has 15 heavy (non-hydrogen) atoms. The third-order valence-electron chi connectivity index (χ3n) is 1.76. The number of tetrazole rings is 1. The minimum Gasteiger partial charge on any atom is -0.324 e. The Labute approximate surface area is 95.8 Å². The van der Waals surface area contributed by atoms with Crippen LogP contribution in [0.4, 0.5) is 0 Å². The molecular weight excluding hydrogens is 237 g/mol. The maximum Gasteiger partial charge on any atom is 0.188 e. The summed E-state index contributed by atoms with van der Waals surface area (Å²) in [6, 6.07) is 5.03. The van der Waals surface area contributed by atoms with Crippen LogP contribution in [0.3, 0.4) is 0 Å². The Morgan fingerprint density at radius 3 is 2.73 bits per heavy atom. The van der Waals surface area contributed by atoms with Crippen LogP contribution < -0.4 is 5.73 Å². The molecule has 0 saturated carbocycles. The summed E-state index contributed by atoms with van der Waals surface area (Å²) in [5, 5.41) is 12.6. The number of hydrogen-bond acceptors (Lipinski definition) is 4. The Hall–Kier alpha value is -1.17. The molecule has 1 heterocycles. The summed E-state index contributed by atoms with van der Waals surface area (Å²) >= 11 is 11.7. The minimum atomic E-state index is 0.241. The molecule has 0 fully saturated rings. The summed E-state index contributed by atoms with van der Waals surface area (Å²) in [4.78, 5) is 1.32. The molecule has 0 unspecified atom stereocenters. The van der Waals surface area contributed by atoms with Gasteiger partial charge in [-0.25, -0.2) is 0 Å². The minimum absolute atomic E-state index is 0.241. The number of benzene rings is 1. The monoisotopic (exact) mass is 243 g/mol. The van der Waals surface area contributed by atoms with E-state index in [-0.39, 0.29) is 6.54 Å². The van der Waals surface area contributed by atoms with Crippen LogP contribution in [0, 0.1) is 0 Å². The van der Waals surface area contributed by atoms with Crippen molar-refractivity contribution in [1.29, 1.82) is 0 Å².